The van der Waals surface area contributed by atoms with Crippen LogP contribution in [0.15, 0.2) is 51.9 Å². The molecule has 0 spiro atoms. The molecule has 1 fully saturated rings. The molecule has 1 aromatic carbocycles. The summed E-state index contributed by atoms with van der Waals surface area (Å²) < 4.78 is 24.6. The second-order valence-corrected chi connectivity index (χ2v) is 6.72. The van der Waals surface area contributed by atoms with E-state index in [4.69, 9.17) is 9.26 Å². The number of rotatable bonds is 4. The monoisotopic (exact) mass is 378 g/mol. The van der Waals surface area contributed by atoms with Gasteiger partial charge < -0.3 is 14.2 Å². The van der Waals surface area contributed by atoms with Crippen LogP contribution < -0.4 is 10.3 Å². The molecule has 28 heavy (non-hydrogen) atoms. The first kappa shape index (κ1) is 16.6. The van der Waals surface area contributed by atoms with E-state index in [9.17, 15) is 9.18 Å². The van der Waals surface area contributed by atoms with Crippen molar-refractivity contribution in [1.29, 1.82) is 0 Å². The summed E-state index contributed by atoms with van der Waals surface area (Å²) in [5.41, 5.74) is 0.985. The van der Waals surface area contributed by atoms with E-state index >= 15 is 0 Å². The van der Waals surface area contributed by atoms with Gasteiger partial charge in [0, 0.05) is 28.7 Å². The first-order valence-electron chi connectivity index (χ1n) is 8.95. The van der Waals surface area contributed by atoms with E-state index in [1.807, 2.05) is 0 Å². The summed E-state index contributed by atoms with van der Waals surface area (Å²) >= 11 is 0. The van der Waals surface area contributed by atoms with Crippen molar-refractivity contribution < 1.29 is 13.7 Å². The molecule has 1 aliphatic rings. The lowest BCUT2D eigenvalue weighted by Gasteiger charge is -2.25. The number of nitrogens with one attached hydrogen (secondary N) is 1. The van der Waals surface area contributed by atoms with Crippen LogP contribution in [0.3, 0.4) is 0 Å². The summed E-state index contributed by atoms with van der Waals surface area (Å²) in [6.07, 6.45) is 5.06. The largest absolute Gasteiger partial charge is 0.474 e. The quantitative estimate of drug-likeness (QED) is 0.582. The van der Waals surface area contributed by atoms with E-state index in [0.717, 1.165) is 12.8 Å². The lowest BCUT2D eigenvalue weighted by atomic mass is 9.96. The topological polar surface area (TPSA) is 93.9 Å². The predicted molar refractivity (Wildman–Crippen MR) is 99.3 cm³/mol. The minimum atomic E-state index is -0.396. The van der Waals surface area contributed by atoms with Crippen molar-refractivity contribution in [2.24, 2.45) is 0 Å². The van der Waals surface area contributed by atoms with Crippen LogP contribution in [-0.4, -0.2) is 26.2 Å². The van der Waals surface area contributed by atoms with Gasteiger partial charge >= 0.3 is 0 Å². The Balaban J connectivity index is 1.49. The van der Waals surface area contributed by atoms with Crippen LogP contribution in [0.2, 0.25) is 0 Å². The second-order valence-electron chi connectivity index (χ2n) is 6.72. The van der Waals surface area contributed by atoms with Crippen LogP contribution in [0.5, 0.6) is 5.88 Å². The normalized spacial score (nSPS) is 14.2. The van der Waals surface area contributed by atoms with Crippen LogP contribution in [0.1, 0.15) is 19.3 Å². The maximum atomic E-state index is 13.5. The fourth-order valence-electron chi connectivity index (χ4n) is 3.06. The lowest BCUT2D eigenvalue weighted by molar-refractivity contribution is 0.115. The van der Waals surface area contributed by atoms with Crippen LogP contribution in [0.25, 0.3) is 33.7 Å². The molecule has 8 heteroatoms. The molecule has 3 heterocycles. The average Bonchev–Trinajstić information content (AvgIpc) is 3.15. The molecule has 4 aromatic rings. The maximum absolute atomic E-state index is 13.5. The fourth-order valence-corrected chi connectivity index (χ4v) is 3.06. The molecule has 140 valence electrons. The minimum absolute atomic E-state index is 0.0562. The van der Waals surface area contributed by atoms with Gasteiger partial charge in [-0.2, -0.15) is 4.98 Å². The molecule has 3 aromatic heterocycles. The Labute approximate surface area is 158 Å². The van der Waals surface area contributed by atoms with Gasteiger partial charge in [-0.05, 0) is 49.6 Å². The summed E-state index contributed by atoms with van der Waals surface area (Å²) in [5, 5.41) is 4.50. The molecule has 0 atom stereocenters. The van der Waals surface area contributed by atoms with E-state index in [1.54, 1.807) is 18.3 Å². The van der Waals surface area contributed by atoms with Crippen LogP contribution in [0, 0.1) is 5.82 Å². The number of fused-ring (bicyclic) bond motifs is 1. The number of hydrogen-bond donors (Lipinski definition) is 1. The third kappa shape index (κ3) is 3.02. The molecule has 0 bridgehead atoms. The zero-order valence-corrected chi connectivity index (χ0v) is 14.7. The molecule has 0 amide bonds. The van der Waals surface area contributed by atoms with Crippen LogP contribution in [-0.2, 0) is 0 Å². The van der Waals surface area contributed by atoms with E-state index < -0.39 is 11.4 Å². The molecule has 7 nitrogen and oxygen atoms in total. The Kier molecular flexibility index (Phi) is 3.89. The number of pyridine rings is 2. The van der Waals surface area contributed by atoms with Gasteiger partial charge in [-0.3, -0.25) is 4.79 Å². The Morgan fingerprint density at radius 1 is 1.18 bits per heavy atom. The Bertz CT molecular complexity index is 1230. The highest BCUT2D eigenvalue weighted by Gasteiger charge is 2.20. The van der Waals surface area contributed by atoms with Gasteiger partial charge in [-0.25, -0.2) is 9.37 Å². The molecule has 1 N–H and O–H groups in total. The average molecular weight is 378 g/mol. The summed E-state index contributed by atoms with van der Waals surface area (Å²) in [6.45, 7) is 0. The van der Waals surface area contributed by atoms with Crippen molar-refractivity contribution in [3.8, 4) is 28.7 Å². The van der Waals surface area contributed by atoms with Gasteiger partial charge in [-0.1, -0.05) is 5.16 Å². The smallest absolute Gasteiger partial charge is 0.263 e. The molecular weight excluding hydrogens is 363 g/mol. The fraction of sp³-hybridized carbons (Fsp3) is 0.200. The second kappa shape index (κ2) is 6.56. The van der Waals surface area contributed by atoms with Gasteiger partial charge in [0.15, 0.2) is 0 Å². The third-order valence-corrected chi connectivity index (χ3v) is 4.80. The van der Waals surface area contributed by atoms with E-state index in [-0.39, 0.29) is 17.6 Å². The summed E-state index contributed by atoms with van der Waals surface area (Å²) in [6, 6.07) is 9.14. The van der Waals surface area contributed by atoms with Gasteiger partial charge in [0.05, 0.1) is 0 Å². The minimum Gasteiger partial charge on any atom is -0.474 e. The number of nitrogens with zero attached hydrogens (tertiary/aromatic N) is 3. The van der Waals surface area contributed by atoms with Crippen LogP contribution in [0.4, 0.5) is 4.39 Å². The first-order valence-corrected chi connectivity index (χ1v) is 8.95. The molecule has 0 saturated heterocycles. The Morgan fingerprint density at radius 2 is 2.07 bits per heavy atom. The van der Waals surface area contributed by atoms with Gasteiger partial charge in [0.25, 0.3) is 11.4 Å². The molecule has 1 aliphatic carbocycles. The molecule has 0 aliphatic heterocycles. The number of aromatic amines is 1. The number of halogens is 1. The number of hydrogen-bond acceptors (Lipinski definition) is 6. The summed E-state index contributed by atoms with van der Waals surface area (Å²) in [5.74, 6) is 0.482. The standard InChI is InChI=1S/C20H15FN4O3/c21-13-4-5-16-12(8-13)9-15(19(26)23-16)20-24-18(25-28-20)11-6-7-22-17(10-11)27-14-2-1-3-14/h4-10,14H,1-3H2,(H,23,26). The Hall–Kier alpha value is -3.55. The zero-order chi connectivity index (χ0) is 19.1. The highest BCUT2D eigenvalue weighted by atomic mass is 19.1. The first-order chi connectivity index (χ1) is 13.7. The van der Waals surface area contributed by atoms with Crippen molar-refractivity contribution in [1.82, 2.24) is 20.1 Å². The summed E-state index contributed by atoms with van der Waals surface area (Å²) in [7, 11) is 0. The maximum Gasteiger partial charge on any atom is 0.263 e. The number of benzene rings is 1. The zero-order valence-electron chi connectivity index (χ0n) is 14.7. The predicted octanol–water partition coefficient (Wildman–Crippen LogP) is 3.71. The van der Waals surface area contributed by atoms with Gasteiger partial charge in [0.2, 0.25) is 11.7 Å². The highest BCUT2D eigenvalue weighted by Crippen LogP contribution is 2.27. The Morgan fingerprint density at radius 3 is 2.89 bits per heavy atom. The number of H-pyrrole nitrogens is 1. The highest BCUT2D eigenvalue weighted by molar-refractivity contribution is 5.82. The third-order valence-electron chi connectivity index (χ3n) is 4.80. The van der Waals surface area contributed by atoms with E-state index in [1.165, 1.54) is 30.7 Å². The lowest BCUT2D eigenvalue weighted by Crippen LogP contribution is -2.24. The molecule has 0 unspecified atom stereocenters. The van der Waals surface area contributed by atoms with Crippen molar-refractivity contribution in [3.05, 3.63) is 58.8 Å². The SMILES string of the molecule is O=c1[nH]c2ccc(F)cc2cc1-c1nc(-c2ccnc(OC3CCC3)c2)no1. The van der Waals surface area contributed by atoms with Crippen molar-refractivity contribution in [2.45, 2.75) is 25.4 Å². The molecular formula is C20H15FN4O3. The van der Waals surface area contributed by atoms with Gasteiger partial charge in [-0.15, -0.1) is 0 Å². The van der Waals surface area contributed by atoms with Crippen molar-refractivity contribution in [3.63, 3.8) is 0 Å². The van der Waals surface area contributed by atoms with Crippen molar-refractivity contribution >= 4 is 10.9 Å². The number of aromatic nitrogens is 4. The molecule has 1 saturated carbocycles. The number of ether oxygens (including phenoxy) is 1. The van der Waals surface area contributed by atoms with E-state index in [0.29, 0.717) is 28.2 Å². The van der Waals surface area contributed by atoms with Gasteiger partial charge in [0.1, 0.15) is 17.5 Å². The van der Waals surface area contributed by atoms with Crippen molar-refractivity contribution in [2.75, 3.05) is 0 Å². The molecule has 5 rings (SSSR count). The van der Waals surface area contributed by atoms with E-state index in [2.05, 4.69) is 20.1 Å². The molecule has 0 radical (unpaired) electrons. The summed E-state index contributed by atoms with van der Waals surface area (Å²) in [4.78, 5) is 23.6. The van der Waals surface area contributed by atoms with Crippen LogP contribution >= 0.6 is 0 Å².